The predicted molar refractivity (Wildman–Crippen MR) is 57.6 cm³/mol. The molecule has 2 saturated carbocycles. The molecule has 0 N–H and O–H groups in total. The molecule has 1 unspecified atom stereocenters. The van der Waals surface area contributed by atoms with E-state index in [1.165, 1.54) is 6.42 Å². The fourth-order valence-electron chi connectivity index (χ4n) is 3.95. The Morgan fingerprint density at radius 3 is 1.92 bits per heavy atom. The summed E-state index contributed by atoms with van der Waals surface area (Å²) in [7, 11) is 0. The minimum absolute atomic E-state index is 0.836. The Balaban J connectivity index is 2.14. The van der Waals surface area contributed by atoms with E-state index in [-0.39, 0.29) is 0 Å². The zero-order chi connectivity index (χ0) is 9.64. The van der Waals surface area contributed by atoms with Gasteiger partial charge >= 0.3 is 0 Å². The highest BCUT2D eigenvalue weighted by Gasteiger charge is 2.56. The van der Waals surface area contributed by atoms with Gasteiger partial charge in [0, 0.05) is 0 Å². The molecule has 1 spiro atoms. The van der Waals surface area contributed by atoms with Crippen LogP contribution in [-0.2, 0) is 0 Å². The van der Waals surface area contributed by atoms with Gasteiger partial charge in [-0.05, 0) is 54.8 Å². The molecule has 0 heterocycles. The lowest BCUT2D eigenvalue weighted by Crippen LogP contribution is -2.25. The van der Waals surface area contributed by atoms with Gasteiger partial charge in [0.2, 0.25) is 0 Å². The molecule has 0 aliphatic heterocycles. The number of rotatable bonds is 2. The number of hydrogen-bond acceptors (Lipinski definition) is 0. The van der Waals surface area contributed by atoms with E-state index in [9.17, 15) is 0 Å². The average Bonchev–Trinajstić information content (AvgIpc) is 2.61. The van der Waals surface area contributed by atoms with Gasteiger partial charge in [-0.2, -0.15) is 0 Å². The summed E-state index contributed by atoms with van der Waals surface area (Å²) in [6.07, 6.45) is 6.14. The molecular weight excluding hydrogens is 156 g/mol. The fourth-order valence-corrected chi connectivity index (χ4v) is 3.95. The summed E-state index contributed by atoms with van der Waals surface area (Å²) in [5.74, 6) is 3.90. The second kappa shape index (κ2) is 3.00. The van der Waals surface area contributed by atoms with E-state index < -0.39 is 0 Å². The molecule has 2 aliphatic rings. The second-order valence-electron chi connectivity index (χ2n) is 6.08. The molecule has 0 bridgehead atoms. The summed E-state index contributed by atoms with van der Waals surface area (Å²) in [5, 5.41) is 0. The molecule has 0 saturated heterocycles. The summed E-state index contributed by atoms with van der Waals surface area (Å²) in [6.45, 7) is 9.71. The average molecular weight is 180 g/mol. The van der Waals surface area contributed by atoms with Gasteiger partial charge in [-0.25, -0.2) is 0 Å². The maximum Gasteiger partial charge on any atom is -0.0263 e. The number of hydrogen-bond donors (Lipinski definition) is 0. The van der Waals surface area contributed by atoms with E-state index in [2.05, 4.69) is 27.7 Å². The van der Waals surface area contributed by atoms with Crippen LogP contribution < -0.4 is 0 Å². The molecule has 0 aromatic heterocycles. The van der Waals surface area contributed by atoms with Gasteiger partial charge in [0.05, 0.1) is 0 Å². The molecule has 0 radical (unpaired) electrons. The third-order valence-corrected chi connectivity index (χ3v) is 4.61. The van der Waals surface area contributed by atoms with Crippen molar-refractivity contribution in [3.8, 4) is 0 Å². The van der Waals surface area contributed by atoms with Crippen LogP contribution in [-0.4, -0.2) is 0 Å². The van der Waals surface area contributed by atoms with Crippen LogP contribution in [0.4, 0.5) is 0 Å². The van der Waals surface area contributed by atoms with E-state index >= 15 is 0 Å². The lowest BCUT2D eigenvalue weighted by Gasteiger charge is -2.31. The molecule has 76 valence electrons. The van der Waals surface area contributed by atoms with Gasteiger partial charge in [0.15, 0.2) is 0 Å². The van der Waals surface area contributed by atoms with Gasteiger partial charge in [0.25, 0.3) is 0 Å². The normalized spacial score (nSPS) is 36.5. The summed E-state index contributed by atoms with van der Waals surface area (Å²) < 4.78 is 0. The lowest BCUT2D eigenvalue weighted by molar-refractivity contribution is 0.176. The van der Waals surface area contributed by atoms with E-state index in [0.29, 0.717) is 0 Å². The van der Waals surface area contributed by atoms with Crippen LogP contribution >= 0.6 is 0 Å². The van der Waals surface area contributed by atoms with Crippen LogP contribution in [0.5, 0.6) is 0 Å². The lowest BCUT2D eigenvalue weighted by atomic mass is 9.74. The van der Waals surface area contributed by atoms with Crippen LogP contribution in [0.1, 0.15) is 53.4 Å². The summed E-state index contributed by atoms with van der Waals surface area (Å²) in [6, 6.07) is 0. The Hall–Kier alpha value is 0. The molecule has 0 heteroatoms. The molecule has 2 rings (SSSR count). The van der Waals surface area contributed by atoms with Crippen molar-refractivity contribution in [2.24, 2.45) is 29.1 Å². The van der Waals surface area contributed by atoms with Gasteiger partial charge in [-0.3, -0.25) is 0 Å². The van der Waals surface area contributed by atoms with Crippen LogP contribution in [0.15, 0.2) is 0 Å². The topological polar surface area (TPSA) is 0 Å². The molecule has 0 nitrogen and oxygen atoms in total. The molecule has 0 aromatic rings. The Morgan fingerprint density at radius 2 is 1.54 bits per heavy atom. The van der Waals surface area contributed by atoms with Crippen molar-refractivity contribution in [2.75, 3.05) is 0 Å². The maximum atomic E-state index is 2.44. The highest BCUT2D eigenvalue weighted by Crippen LogP contribution is 2.66. The fraction of sp³-hybridized carbons (Fsp3) is 1.00. The first-order valence-electron chi connectivity index (χ1n) is 6.07. The van der Waals surface area contributed by atoms with Crippen LogP contribution in [0.25, 0.3) is 0 Å². The first-order valence-corrected chi connectivity index (χ1v) is 6.07. The van der Waals surface area contributed by atoms with Crippen molar-refractivity contribution >= 4 is 0 Å². The first kappa shape index (κ1) is 9.55. The second-order valence-corrected chi connectivity index (χ2v) is 6.08. The van der Waals surface area contributed by atoms with Crippen molar-refractivity contribution in [1.29, 1.82) is 0 Å². The SMILES string of the molecule is CC(C)C1CCC2(CC2)[C@H]1C(C)C. The van der Waals surface area contributed by atoms with E-state index in [1.54, 1.807) is 19.3 Å². The highest BCUT2D eigenvalue weighted by atomic mass is 14.6. The first-order chi connectivity index (χ1) is 6.07. The molecule has 2 atom stereocenters. The standard InChI is InChI=1S/C13H24/c1-9(2)11-5-6-13(7-8-13)12(11)10(3)4/h9-12H,5-8H2,1-4H3/t11?,12-/m0/s1. The van der Waals surface area contributed by atoms with Gasteiger partial charge in [-0.1, -0.05) is 27.7 Å². The molecule has 2 fully saturated rings. The van der Waals surface area contributed by atoms with E-state index in [1.807, 2.05) is 0 Å². The van der Waals surface area contributed by atoms with Crippen molar-refractivity contribution in [3.63, 3.8) is 0 Å². The minimum Gasteiger partial charge on any atom is -0.0625 e. The summed E-state index contributed by atoms with van der Waals surface area (Å²) >= 11 is 0. The van der Waals surface area contributed by atoms with Crippen molar-refractivity contribution in [2.45, 2.75) is 53.4 Å². The Morgan fingerprint density at radius 1 is 0.923 bits per heavy atom. The van der Waals surface area contributed by atoms with Crippen molar-refractivity contribution < 1.29 is 0 Å². The Kier molecular flexibility index (Phi) is 2.20. The highest BCUT2D eigenvalue weighted by molar-refractivity contribution is 5.06. The minimum atomic E-state index is 0.836. The zero-order valence-electron chi connectivity index (χ0n) is 9.64. The van der Waals surface area contributed by atoms with E-state index in [4.69, 9.17) is 0 Å². The van der Waals surface area contributed by atoms with Crippen LogP contribution in [0.2, 0.25) is 0 Å². The van der Waals surface area contributed by atoms with Gasteiger partial charge in [0.1, 0.15) is 0 Å². The van der Waals surface area contributed by atoms with Gasteiger partial charge < -0.3 is 0 Å². The molecular formula is C13H24. The molecule has 0 amide bonds. The summed E-state index contributed by atoms with van der Waals surface area (Å²) in [5.41, 5.74) is 0.836. The summed E-state index contributed by atoms with van der Waals surface area (Å²) in [4.78, 5) is 0. The van der Waals surface area contributed by atoms with E-state index in [0.717, 1.165) is 29.1 Å². The zero-order valence-corrected chi connectivity index (χ0v) is 9.64. The largest absolute Gasteiger partial charge is 0.0625 e. The van der Waals surface area contributed by atoms with Gasteiger partial charge in [-0.15, -0.1) is 0 Å². The third-order valence-electron chi connectivity index (χ3n) is 4.61. The predicted octanol–water partition coefficient (Wildman–Crippen LogP) is 4.10. The maximum absolute atomic E-state index is 2.44. The smallest absolute Gasteiger partial charge is 0.0263 e. The Bertz CT molecular complexity index is 186. The van der Waals surface area contributed by atoms with Crippen molar-refractivity contribution in [3.05, 3.63) is 0 Å². The molecule has 0 aromatic carbocycles. The molecule has 13 heavy (non-hydrogen) atoms. The monoisotopic (exact) mass is 180 g/mol. The third kappa shape index (κ3) is 1.43. The Labute approximate surface area is 83.1 Å². The van der Waals surface area contributed by atoms with Crippen molar-refractivity contribution in [1.82, 2.24) is 0 Å². The molecule has 2 aliphatic carbocycles. The quantitative estimate of drug-likeness (QED) is 0.600. The van der Waals surface area contributed by atoms with Crippen LogP contribution in [0.3, 0.4) is 0 Å². The van der Waals surface area contributed by atoms with Crippen LogP contribution in [0, 0.1) is 29.1 Å².